The largest absolute Gasteiger partial charge is 0.367 e. The van der Waals surface area contributed by atoms with Crippen LogP contribution >= 0.6 is 0 Å². The molecule has 2 aromatic rings. The van der Waals surface area contributed by atoms with Gasteiger partial charge in [-0.15, -0.1) is 0 Å². The minimum absolute atomic E-state index is 0.0364. The number of hydrogen-bond donors (Lipinski definition) is 1. The van der Waals surface area contributed by atoms with Gasteiger partial charge in [-0.05, 0) is 18.6 Å². The summed E-state index contributed by atoms with van der Waals surface area (Å²) in [4.78, 5) is 28.0. The highest BCUT2D eigenvalue weighted by molar-refractivity contribution is 5.94. The van der Waals surface area contributed by atoms with Crippen LogP contribution in [0.5, 0.6) is 0 Å². The summed E-state index contributed by atoms with van der Waals surface area (Å²) in [7, 11) is 0. The average molecular weight is 298 g/mol. The summed E-state index contributed by atoms with van der Waals surface area (Å²) in [5.74, 6) is -0.0904. The number of carbonyl (C=O) groups excluding carboxylic acids is 1. The van der Waals surface area contributed by atoms with Gasteiger partial charge in [-0.1, -0.05) is 30.3 Å². The molecule has 0 bridgehead atoms. The topological polar surface area (TPSA) is 62.4 Å². The second kappa shape index (κ2) is 6.15. The van der Waals surface area contributed by atoms with Crippen LogP contribution in [-0.4, -0.2) is 35.0 Å². The highest BCUT2D eigenvalue weighted by Gasteiger charge is 2.29. The Hall–Kier alpha value is -2.40. The van der Waals surface area contributed by atoms with Crippen molar-refractivity contribution in [3.05, 3.63) is 70.1 Å². The third kappa shape index (κ3) is 3.09. The summed E-state index contributed by atoms with van der Waals surface area (Å²) in [5.41, 5.74) is 1.34. The van der Waals surface area contributed by atoms with Gasteiger partial charge in [0.2, 0.25) is 5.56 Å². The van der Waals surface area contributed by atoms with Crippen molar-refractivity contribution in [2.45, 2.75) is 19.1 Å². The first-order valence-electron chi connectivity index (χ1n) is 7.32. The highest BCUT2D eigenvalue weighted by Crippen LogP contribution is 2.25. The van der Waals surface area contributed by atoms with E-state index in [2.05, 4.69) is 4.98 Å². The van der Waals surface area contributed by atoms with E-state index < -0.39 is 0 Å². The van der Waals surface area contributed by atoms with Gasteiger partial charge in [-0.3, -0.25) is 9.59 Å². The van der Waals surface area contributed by atoms with E-state index in [4.69, 9.17) is 4.74 Å². The molecule has 0 spiro atoms. The van der Waals surface area contributed by atoms with E-state index in [0.29, 0.717) is 18.7 Å². The standard InChI is InChI=1S/C17H18N2O3/c1-12-10-19(17(21)14-7-8-16(20)18-9-14)11-15(22-12)13-5-3-2-4-6-13/h2-9,12,15H,10-11H2,1H3,(H,18,20)/t12-,15+/m0/s1. The number of H-pyrrole nitrogens is 1. The van der Waals surface area contributed by atoms with Crippen LogP contribution in [0, 0.1) is 0 Å². The second-order valence-electron chi connectivity index (χ2n) is 5.50. The van der Waals surface area contributed by atoms with Crippen molar-refractivity contribution in [1.29, 1.82) is 0 Å². The molecule has 1 N–H and O–H groups in total. The molecule has 1 aliphatic heterocycles. The van der Waals surface area contributed by atoms with Gasteiger partial charge in [0.05, 0.1) is 18.2 Å². The van der Waals surface area contributed by atoms with Crippen LogP contribution in [-0.2, 0) is 4.74 Å². The van der Waals surface area contributed by atoms with E-state index in [0.717, 1.165) is 5.56 Å². The van der Waals surface area contributed by atoms with E-state index >= 15 is 0 Å². The van der Waals surface area contributed by atoms with Gasteiger partial charge in [0, 0.05) is 18.8 Å². The maximum Gasteiger partial charge on any atom is 0.255 e. The fourth-order valence-corrected chi connectivity index (χ4v) is 2.70. The third-order valence-electron chi connectivity index (χ3n) is 3.75. The second-order valence-corrected chi connectivity index (χ2v) is 5.50. The minimum Gasteiger partial charge on any atom is -0.367 e. The first-order valence-corrected chi connectivity index (χ1v) is 7.32. The van der Waals surface area contributed by atoms with Crippen molar-refractivity contribution in [2.24, 2.45) is 0 Å². The van der Waals surface area contributed by atoms with Crippen LogP contribution in [0.25, 0.3) is 0 Å². The molecule has 0 unspecified atom stereocenters. The molecule has 3 rings (SSSR count). The van der Waals surface area contributed by atoms with Crippen molar-refractivity contribution in [2.75, 3.05) is 13.1 Å². The van der Waals surface area contributed by atoms with E-state index in [9.17, 15) is 9.59 Å². The summed E-state index contributed by atoms with van der Waals surface area (Å²) in [5, 5.41) is 0. The molecule has 5 heteroatoms. The lowest BCUT2D eigenvalue weighted by molar-refractivity contribution is -0.0691. The molecule has 114 valence electrons. The van der Waals surface area contributed by atoms with Gasteiger partial charge in [0.15, 0.2) is 0 Å². The first kappa shape index (κ1) is 14.5. The molecule has 1 saturated heterocycles. The van der Waals surface area contributed by atoms with Crippen molar-refractivity contribution in [3.63, 3.8) is 0 Å². The zero-order valence-electron chi connectivity index (χ0n) is 12.4. The fourth-order valence-electron chi connectivity index (χ4n) is 2.70. The predicted molar refractivity (Wildman–Crippen MR) is 82.7 cm³/mol. The molecular weight excluding hydrogens is 280 g/mol. The smallest absolute Gasteiger partial charge is 0.255 e. The number of morpholine rings is 1. The molecule has 1 aliphatic rings. The van der Waals surface area contributed by atoms with Crippen molar-refractivity contribution >= 4 is 5.91 Å². The number of aromatic amines is 1. The summed E-state index contributed by atoms with van der Waals surface area (Å²) in [6, 6.07) is 12.8. The monoisotopic (exact) mass is 298 g/mol. The Balaban J connectivity index is 1.80. The average Bonchev–Trinajstić information content (AvgIpc) is 2.55. The van der Waals surface area contributed by atoms with Crippen LogP contribution < -0.4 is 5.56 Å². The molecule has 0 saturated carbocycles. The van der Waals surface area contributed by atoms with Crippen molar-refractivity contribution in [3.8, 4) is 0 Å². The molecule has 1 amide bonds. The molecule has 1 fully saturated rings. The van der Waals surface area contributed by atoms with Crippen LogP contribution in [0.2, 0.25) is 0 Å². The zero-order chi connectivity index (χ0) is 15.5. The SMILES string of the molecule is C[C@H]1CN(C(=O)c2ccc(=O)[nH]c2)C[C@H](c2ccccc2)O1. The third-order valence-corrected chi connectivity index (χ3v) is 3.75. The van der Waals surface area contributed by atoms with Gasteiger partial charge in [0.1, 0.15) is 6.10 Å². The number of nitrogens with one attached hydrogen (secondary N) is 1. The number of nitrogens with zero attached hydrogens (tertiary/aromatic N) is 1. The van der Waals surface area contributed by atoms with Gasteiger partial charge >= 0.3 is 0 Å². The number of pyridine rings is 1. The van der Waals surface area contributed by atoms with Crippen molar-refractivity contribution < 1.29 is 9.53 Å². The summed E-state index contributed by atoms with van der Waals surface area (Å²) in [6.45, 7) is 3.01. The highest BCUT2D eigenvalue weighted by atomic mass is 16.5. The molecule has 1 aromatic carbocycles. The maximum absolute atomic E-state index is 12.6. The van der Waals surface area contributed by atoms with Crippen LogP contribution in [0.1, 0.15) is 28.9 Å². The van der Waals surface area contributed by atoms with Crippen LogP contribution in [0.4, 0.5) is 0 Å². The van der Waals surface area contributed by atoms with E-state index in [1.54, 1.807) is 11.0 Å². The number of rotatable bonds is 2. The Labute approximate surface area is 128 Å². The summed E-state index contributed by atoms with van der Waals surface area (Å²) in [6.07, 6.45) is 1.30. The summed E-state index contributed by atoms with van der Waals surface area (Å²) >= 11 is 0. The van der Waals surface area contributed by atoms with Crippen LogP contribution in [0.15, 0.2) is 53.5 Å². The Morgan fingerprint density at radius 3 is 2.64 bits per heavy atom. The van der Waals surface area contributed by atoms with Gasteiger partial charge < -0.3 is 14.6 Å². The Kier molecular flexibility index (Phi) is 4.06. The van der Waals surface area contributed by atoms with E-state index in [-0.39, 0.29) is 23.7 Å². The van der Waals surface area contributed by atoms with Crippen molar-refractivity contribution in [1.82, 2.24) is 9.88 Å². The Morgan fingerprint density at radius 1 is 1.18 bits per heavy atom. The quantitative estimate of drug-likeness (QED) is 0.922. The van der Waals surface area contributed by atoms with Gasteiger partial charge in [0.25, 0.3) is 5.91 Å². The lowest BCUT2D eigenvalue weighted by atomic mass is 10.1. The number of ether oxygens (including phenoxy) is 1. The number of aromatic nitrogens is 1. The molecule has 1 aromatic heterocycles. The Morgan fingerprint density at radius 2 is 1.95 bits per heavy atom. The fraction of sp³-hybridized carbons (Fsp3) is 0.294. The van der Waals surface area contributed by atoms with Gasteiger partial charge in [-0.25, -0.2) is 0 Å². The molecular formula is C17H18N2O3. The minimum atomic E-state index is -0.214. The number of hydrogen-bond acceptors (Lipinski definition) is 3. The predicted octanol–water partition coefficient (Wildman–Crippen LogP) is 1.98. The zero-order valence-corrected chi connectivity index (χ0v) is 12.4. The van der Waals surface area contributed by atoms with E-state index in [1.807, 2.05) is 37.3 Å². The van der Waals surface area contributed by atoms with E-state index in [1.165, 1.54) is 12.3 Å². The molecule has 2 heterocycles. The normalized spacial score (nSPS) is 21.6. The number of carbonyl (C=O) groups is 1. The lowest BCUT2D eigenvalue weighted by Crippen LogP contribution is -2.46. The maximum atomic E-state index is 12.6. The first-order chi connectivity index (χ1) is 10.6. The molecule has 0 radical (unpaired) electrons. The van der Waals surface area contributed by atoms with Gasteiger partial charge in [-0.2, -0.15) is 0 Å². The number of benzene rings is 1. The summed E-state index contributed by atoms with van der Waals surface area (Å²) < 4.78 is 5.96. The molecule has 2 atom stereocenters. The Bertz CT molecular complexity index is 691. The van der Waals surface area contributed by atoms with Crippen LogP contribution in [0.3, 0.4) is 0 Å². The molecule has 0 aliphatic carbocycles. The molecule has 5 nitrogen and oxygen atoms in total. The molecule has 22 heavy (non-hydrogen) atoms. The lowest BCUT2D eigenvalue weighted by Gasteiger charge is -2.37. The number of amides is 1.